The summed E-state index contributed by atoms with van der Waals surface area (Å²) >= 11 is 0. The largest absolute Gasteiger partial charge is 0.512 e. The van der Waals surface area contributed by atoms with Gasteiger partial charge in [0.05, 0.1) is 0 Å². The standard InChI is InChI=1S/C32H48O8Si8/c1-41(2)33-45(29-21-13-9-14-22-29)37-46(34-42(3)4,30-23-15-10-16-24-30)39-48(36-44(7)8,32-27-19-12-20-28-32)40-47(38-45,35-43(5)6)31-25-17-11-18-26-31/h9-28,41-44H,1-8H3. The molecule has 4 aromatic carbocycles. The monoisotopic (exact) mass is 784 g/mol. The van der Waals surface area contributed by atoms with Crippen molar-refractivity contribution >= 4 is 92.1 Å². The molecular formula is C32H48O8Si8. The van der Waals surface area contributed by atoms with E-state index in [9.17, 15) is 0 Å². The lowest BCUT2D eigenvalue weighted by Crippen LogP contribution is -2.83. The van der Waals surface area contributed by atoms with E-state index >= 15 is 0 Å². The topological polar surface area (TPSA) is 73.8 Å². The minimum atomic E-state index is -3.97. The van der Waals surface area contributed by atoms with Gasteiger partial charge in [0.25, 0.3) is 0 Å². The zero-order chi connectivity index (χ0) is 34.4. The molecule has 0 bridgehead atoms. The van der Waals surface area contributed by atoms with Gasteiger partial charge in [-0.05, 0) is 52.4 Å². The van der Waals surface area contributed by atoms with Gasteiger partial charge in [0, 0.05) is 20.7 Å². The molecular weight excluding hydrogens is 737 g/mol. The predicted octanol–water partition coefficient (Wildman–Crippen LogP) is 3.45. The van der Waals surface area contributed by atoms with Crippen LogP contribution in [0.3, 0.4) is 0 Å². The second kappa shape index (κ2) is 16.1. The van der Waals surface area contributed by atoms with Crippen LogP contribution in [0.25, 0.3) is 0 Å². The Labute approximate surface area is 297 Å². The zero-order valence-corrected chi connectivity index (χ0v) is 37.7. The van der Waals surface area contributed by atoms with E-state index < -0.39 is 71.4 Å². The lowest BCUT2D eigenvalue weighted by Gasteiger charge is -2.51. The summed E-state index contributed by atoms with van der Waals surface area (Å²) in [6.07, 6.45) is 0. The second-order valence-electron chi connectivity index (χ2n) is 12.8. The van der Waals surface area contributed by atoms with Crippen molar-refractivity contribution in [1.82, 2.24) is 0 Å². The van der Waals surface area contributed by atoms with Crippen LogP contribution in [0.5, 0.6) is 0 Å². The third-order valence-corrected chi connectivity index (χ3v) is 32.4. The molecule has 1 aliphatic rings. The Kier molecular flexibility index (Phi) is 12.6. The van der Waals surface area contributed by atoms with Gasteiger partial charge in [-0.25, -0.2) is 0 Å². The van der Waals surface area contributed by atoms with E-state index in [2.05, 4.69) is 52.4 Å². The van der Waals surface area contributed by atoms with E-state index in [4.69, 9.17) is 32.9 Å². The Bertz CT molecular complexity index is 1320. The zero-order valence-electron chi connectivity index (χ0n) is 29.1. The van der Waals surface area contributed by atoms with Crippen LogP contribution in [0, 0.1) is 0 Å². The average Bonchev–Trinajstić information content (AvgIpc) is 3.04. The highest BCUT2D eigenvalue weighted by Gasteiger charge is 2.71. The molecule has 0 aromatic heterocycles. The third-order valence-electron chi connectivity index (χ3n) is 7.15. The van der Waals surface area contributed by atoms with Crippen molar-refractivity contribution < 1.29 is 32.9 Å². The molecule has 1 fully saturated rings. The summed E-state index contributed by atoms with van der Waals surface area (Å²) < 4.78 is 59.5. The number of hydrogen-bond acceptors (Lipinski definition) is 8. The lowest BCUT2D eigenvalue weighted by molar-refractivity contribution is 0.108. The molecule has 0 radical (unpaired) electrons. The maximum Gasteiger partial charge on any atom is 0.512 e. The van der Waals surface area contributed by atoms with Crippen molar-refractivity contribution in [3.8, 4) is 0 Å². The molecule has 0 unspecified atom stereocenters. The lowest BCUT2D eigenvalue weighted by atomic mass is 10.4. The molecule has 0 amide bonds. The van der Waals surface area contributed by atoms with E-state index in [0.717, 1.165) is 20.7 Å². The molecule has 1 aliphatic heterocycles. The summed E-state index contributed by atoms with van der Waals surface area (Å²) in [6, 6.07) is 40.1. The fourth-order valence-electron chi connectivity index (χ4n) is 5.54. The maximum atomic E-state index is 7.70. The van der Waals surface area contributed by atoms with Gasteiger partial charge in [-0.2, -0.15) is 0 Å². The fourth-order valence-corrected chi connectivity index (χ4v) is 36.6. The molecule has 4 aromatic rings. The van der Waals surface area contributed by atoms with E-state index in [1.807, 2.05) is 121 Å². The van der Waals surface area contributed by atoms with Gasteiger partial charge in [-0.15, -0.1) is 0 Å². The average molecular weight is 785 g/mol. The highest BCUT2D eigenvalue weighted by molar-refractivity contribution is 7.04. The van der Waals surface area contributed by atoms with Crippen molar-refractivity contribution in [3.05, 3.63) is 121 Å². The summed E-state index contributed by atoms with van der Waals surface area (Å²) in [4.78, 5) is 0. The summed E-state index contributed by atoms with van der Waals surface area (Å²) in [5.74, 6) is 0. The van der Waals surface area contributed by atoms with Crippen LogP contribution in [0.15, 0.2) is 121 Å². The van der Waals surface area contributed by atoms with Crippen LogP contribution in [0.1, 0.15) is 0 Å². The van der Waals surface area contributed by atoms with Gasteiger partial charge in [-0.3, -0.25) is 0 Å². The Morgan fingerprint density at radius 2 is 0.479 bits per heavy atom. The molecule has 0 saturated carbocycles. The van der Waals surface area contributed by atoms with Crippen molar-refractivity contribution in [3.63, 3.8) is 0 Å². The Hall–Kier alpha value is -1.70. The molecule has 1 heterocycles. The van der Waals surface area contributed by atoms with Crippen LogP contribution in [-0.2, 0) is 32.9 Å². The SMILES string of the molecule is C[SiH](C)O[Si]1(c2ccccc2)O[Si](O[SiH](C)C)(c2ccccc2)O[Si](O[SiH](C)C)(c2ccccc2)O[Si](O[SiH](C)C)(c2ccccc2)O1. The van der Waals surface area contributed by atoms with Gasteiger partial charge >= 0.3 is 35.2 Å². The first-order valence-corrected chi connectivity index (χ1v) is 34.7. The molecule has 0 N–H and O–H groups in total. The molecule has 0 aliphatic carbocycles. The predicted molar refractivity (Wildman–Crippen MR) is 212 cm³/mol. The highest BCUT2D eigenvalue weighted by Crippen LogP contribution is 2.35. The first kappa shape index (κ1) is 37.5. The van der Waals surface area contributed by atoms with E-state index in [-0.39, 0.29) is 0 Å². The molecule has 1 saturated heterocycles. The minimum absolute atomic E-state index is 0.815. The van der Waals surface area contributed by atoms with Crippen molar-refractivity contribution in [1.29, 1.82) is 0 Å². The molecule has 48 heavy (non-hydrogen) atoms. The summed E-state index contributed by atoms with van der Waals surface area (Å²) in [5.41, 5.74) is 0. The molecule has 0 atom stereocenters. The first-order chi connectivity index (χ1) is 22.9. The van der Waals surface area contributed by atoms with Crippen LogP contribution in [0.4, 0.5) is 0 Å². The summed E-state index contributed by atoms with van der Waals surface area (Å²) in [5, 5.41) is 3.26. The van der Waals surface area contributed by atoms with E-state index in [0.29, 0.717) is 0 Å². The van der Waals surface area contributed by atoms with Gasteiger partial charge in [0.1, 0.15) is 0 Å². The van der Waals surface area contributed by atoms with Crippen molar-refractivity contribution in [2.24, 2.45) is 0 Å². The maximum absolute atomic E-state index is 7.70. The number of rotatable bonds is 12. The number of hydrogen-bond donors (Lipinski definition) is 0. The molecule has 5 rings (SSSR count). The summed E-state index contributed by atoms with van der Waals surface area (Å²) in [7, 11) is -23.3. The first-order valence-electron chi connectivity index (χ1n) is 16.7. The summed E-state index contributed by atoms with van der Waals surface area (Å²) in [6.45, 7) is 17.1. The van der Waals surface area contributed by atoms with Crippen LogP contribution >= 0.6 is 0 Å². The quantitative estimate of drug-likeness (QED) is 0.203. The highest BCUT2D eigenvalue weighted by atomic mass is 28.6. The normalized spacial score (nSPS) is 26.6. The Morgan fingerprint density at radius 1 is 0.312 bits per heavy atom. The van der Waals surface area contributed by atoms with Crippen molar-refractivity contribution in [2.75, 3.05) is 0 Å². The molecule has 16 heteroatoms. The Morgan fingerprint density at radius 3 is 0.625 bits per heavy atom. The Balaban J connectivity index is 1.94. The van der Waals surface area contributed by atoms with E-state index in [1.165, 1.54) is 0 Å². The van der Waals surface area contributed by atoms with Gasteiger partial charge in [0.2, 0.25) is 0 Å². The minimum Gasteiger partial charge on any atom is -0.416 e. The molecule has 8 nitrogen and oxygen atoms in total. The van der Waals surface area contributed by atoms with Crippen LogP contribution in [0.2, 0.25) is 52.4 Å². The fraction of sp³-hybridized carbons (Fsp3) is 0.250. The second-order valence-corrected chi connectivity index (χ2v) is 34.9. The van der Waals surface area contributed by atoms with Gasteiger partial charge in [-0.1, -0.05) is 121 Å². The van der Waals surface area contributed by atoms with Crippen molar-refractivity contribution in [2.45, 2.75) is 52.4 Å². The van der Waals surface area contributed by atoms with Crippen LogP contribution < -0.4 is 20.7 Å². The van der Waals surface area contributed by atoms with Crippen LogP contribution in [-0.4, -0.2) is 71.4 Å². The smallest absolute Gasteiger partial charge is 0.416 e. The van der Waals surface area contributed by atoms with E-state index in [1.54, 1.807) is 0 Å². The third kappa shape index (κ3) is 8.59. The van der Waals surface area contributed by atoms with Gasteiger partial charge in [0.15, 0.2) is 36.2 Å². The molecule has 256 valence electrons. The molecule has 0 spiro atoms. The number of benzene rings is 4. The van der Waals surface area contributed by atoms with Gasteiger partial charge < -0.3 is 32.9 Å².